The van der Waals surface area contributed by atoms with Crippen molar-refractivity contribution < 1.29 is 37.6 Å². The van der Waals surface area contributed by atoms with Gasteiger partial charge in [-0.25, -0.2) is 13.3 Å². The maximum Gasteiger partial charge on any atom is 0.295 e. The van der Waals surface area contributed by atoms with Gasteiger partial charge < -0.3 is 10.0 Å². The highest BCUT2D eigenvalue weighted by atomic mass is 35.5. The summed E-state index contributed by atoms with van der Waals surface area (Å²) in [5.74, 6) is -3.87. The van der Waals surface area contributed by atoms with Crippen molar-refractivity contribution in [1.82, 2.24) is 14.8 Å². The minimum absolute atomic E-state index is 0.0352. The summed E-state index contributed by atoms with van der Waals surface area (Å²) in [6.45, 7) is 5.36. The van der Waals surface area contributed by atoms with Gasteiger partial charge in [0.15, 0.2) is 27.2 Å². The summed E-state index contributed by atoms with van der Waals surface area (Å²) in [7, 11) is -4.08. The Morgan fingerprint density at radius 2 is 1.63 bits per heavy atom. The minimum Gasteiger partial charge on any atom is -0.409 e. The smallest absolute Gasteiger partial charge is 0.295 e. The number of rotatable bonds is 7. The largest absolute Gasteiger partial charge is 0.409 e. The molecule has 0 atom stereocenters. The maximum absolute atomic E-state index is 13.3. The van der Waals surface area contributed by atoms with Crippen molar-refractivity contribution in [2.24, 2.45) is 5.16 Å². The second kappa shape index (κ2) is 11.1. The first kappa shape index (κ1) is 29.4. The van der Waals surface area contributed by atoms with Gasteiger partial charge in [-0.15, -0.1) is 0 Å². The molecule has 3 aromatic rings. The first-order valence-electron chi connectivity index (χ1n) is 12.0. The number of imide groups is 2. The van der Waals surface area contributed by atoms with E-state index >= 15 is 0 Å². The number of hydroxylamine groups is 2. The number of fused-ring (bicyclic) bond motifs is 1. The number of oxime groups is 1. The number of anilines is 1. The SMILES string of the molecule is CC(=O)N(C(C)=O)c1c(Cl)c(C)nn1C(CCS(=O)(=O)c1ccc(C)c(ON2C(=O)c3ccccc3C2=O)c1)=NO. The van der Waals surface area contributed by atoms with E-state index in [0.717, 1.165) is 23.4 Å². The van der Waals surface area contributed by atoms with E-state index in [2.05, 4.69) is 10.3 Å². The lowest BCUT2D eigenvalue weighted by atomic mass is 10.1. The Morgan fingerprint density at radius 3 is 2.17 bits per heavy atom. The number of amides is 4. The average molecular weight is 602 g/mol. The topological polar surface area (TPSA) is 169 Å². The fourth-order valence-corrected chi connectivity index (χ4v) is 5.60. The highest BCUT2D eigenvalue weighted by molar-refractivity contribution is 7.91. The summed E-state index contributed by atoms with van der Waals surface area (Å²) in [5, 5.41) is 17.5. The molecule has 41 heavy (non-hydrogen) atoms. The molecule has 13 nitrogen and oxygen atoms in total. The van der Waals surface area contributed by atoms with Crippen LogP contribution in [0.4, 0.5) is 5.82 Å². The number of aromatic nitrogens is 2. The Kier molecular flexibility index (Phi) is 7.99. The van der Waals surface area contributed by atoms with Gasteiger partial charge >= 0.3 is 0 Å². The first-order chi connectivity index (χ1) is 19.3. The monoisotopic (exact) mass is 601 g/mol. The quantitative estimate of drug-likeness (QED) is 0.140. The van der Waals surface area contributed by atoms with Crippen LogP contribution < -0.4 is 9.74 Å². The standard InChI is InChI=1S/C26H24ClN5O8S/c1-14-9-10-18(13-21(14)40-32-25(35)19-7-5-6-8-20(19)26(32)36)41(38,39)12-11-22(29-37)31-24(23(27)15(2)28-31)30(16(3)33)17(4)34/h5-10,13,37H,11-12H2,1-4H3. The normalized spacial score (nSPS) is 13.4. The zero-order valence-electron chi connectivity index (χ0n) is 22.3. The molecule has 0 fully saturated rings. The van der Waals surface area contributed by atoms with Gasteiger partial charge in [-0.05, 0) is 37.6 Å². The predicted molar refractivity (Wildman–Crippen MR) is 146 cm³/mol. The van der Waals surface area contributed by atoms with Crippen LogP contribution in [0.3, 0.4) is 0 Å². The van der Waals surface area contributed by atoms with Gasteiger partial charge in [0.25, 0.3) is 11.8 Å². The Morgan fingerprint density at radius 1 is 1.05 bits per heavy atom. The average Bonchev–Trinajstić information content (AvgIpc) is 3.33. The number of halogens is 1. The Bertz CT molecular complexity index is 1700. The molecule has 2 aromatic carbocycles. The van der Waals surface area contributed by atoms with Crippen LogP contribution in [0, 0.1) is 13.8 Å². The van der Waals surface area contributed by atoms with E-state index in [4.69, 9.17) is 16.4 Å². The molecule has 1 N–H and O–H groups in total. The molecule has 1 aliphatic rings. The van der Waals surface area contributed by atoms with Crippen LogP contribution in [0.2, 0.25) is 5.02 Å². The number of aryl methyl sites for hydroxylation is 2. The summed E-state index contributed by atoms with van der Waals surface area (Å²) in [4.78, 5) is 55.8. The number of benzene rings is 2. The zero-order valence-corrected chi connectivity index (χ0v) is 23.9. The van der Waals surface area contributed by atoms with Crippen molar-refractivity contribution in [2.45, 2.75) is 39.0 Å². The second-order valence-corrected chi connectivity index (χ2v) is 11.5. The Balaban J connectivity index is 1.59. The maximum atomic E-state index is 13.3. The van der Waals surface area contributed by atoms with Crippen molar-refractivity contribution in [3.8, 4) is 5.75 Å². The van der Waals surface area contributed by atoms with E-state index in [-0.39, 0.29) is 44.1 Å². The fraction of sp³-hybridized carbons (Fsp3) is 0.231. The lowest BCUT2D eigenvalue weighted by molar-refractivity contribution is -0.124. The Hall–Kier alpha value is -4.56. The number of sulfone groups is 1. The molecule has 1 aromatic heterocycles. The van der Waals surface area contributed by atoms with E-state index in [1.165, 1.54) is 37.3 Å². The highest BCUT2D eigenvalue weighted by Crippen LogP contribution is 2.31. The lowest BCUT2D eigenvalue weighted by Crippen LogP contribution is -2.36. The third kappa shape index (κ3) is 5.43. The van der Waals surface area contributed by atoms with E-state index < -0.39 is 45.6 Å². The van der Waals surface area contributed by atoms with Gasteiger partial charge in [0.2, 0.25) is 11.8 Å². The molecule has 4 amide bonds. The molecular formula is C26H24ClN5O8S. The third-order valence-electron chi connectivity index (χ3n) is 6.23. The number of hydrogen-bond donors (Lipinski definition) is 1. The van der Waals surface area contributed by atoms with Crippen LogP contribution in [0.1, 0.15) is 52.2 Å². The summed E-state index contributed by atoms with van der Waals surface area (Å²) in [5.41, 5.74) is 0.983. The number of nitrogens with zero attached hydrogens (tertiary/aromatic N) is 5. The number of carbonyl (C=O) groups excluding carboxylic acids is 4. The van der Waals surface area contributed by atoms with Gasteiger partial charge in [-0.2, -0.15) is 9.78 Å². The molecule has 1 aliphatic heterocycles. The van der Waals surface area contributed by atoms with Crippen LogP contribution in [-0.2, 0) is 19.4 Å². The molecule has 0 radical (unpaired) electrons. The molecule has 0 spiro atoms. The zero-order chi connectivity index (χ0) is 30.2. The van der Waals surface area contributed by atoms with Crippen molar-refractivity contribution in [3.63, 3.8) is 0 Å². The van der Waals surface area contributed by atoms with Gasteiger partial charge in [-0.3, -0.25) is 19.2 Å². The third-order valence-corrected chi connectivity index (χ3v) is 8.38. The van der Waals surface area contributed by atoms with Gasteiger partial charge in [-0.1, -0.05) is 40.0 Å². The number of carbonyl (C=O) groups is 4. The molecule has 214 valence electrons. The van der Waals surface area contributed by atoms with Crippen LogP contribution in [-0.4, -0.2) is 63.7 Å². The summed E-state index contributed by atoms with van der Waals surface area (Å²) in [6, 6.07) is 10.1. The van der Waals surface area contributed by atoms with Gasteiger partial charge in [0, 0.05) is 26.3 Å². The molecule has 0 aliphatic carbocycles. The van der Waals surface area contributed by atoms with E-state index in [1.54, 1.807) is 19.1 Å². The first-order valence-corrected chi connectivity index (χ1v) is 14.1. The van der Waals surface area contributed by atoms with Crippen molar-refractivity contribution in [1.29, 1.82) is 0 Å². The molecule has 15 heteroatoms. The summed E-state index contributed by atoms with van der Waals surface area (Å²) >= 11 is 6.29. The van der Waals surface area contributed by atoms with Gasteiger partial charge in [0.1, 0.15) is 5.02 Å². The van der Waals surface area contributed by atoms with E-state index in [9.17, 15) is 32.8 Å². The van der Waals surface area contributed by atoms with Crippen LogP contribution in [0.25, 0.3) is 0 Å². The molecule has 0 unspecified atom stereocenters. The van der Waals surface area contributed by atoms with Crippen molar-refractivity contribution in [3.05, 3.63) is 69.9 Å². The Labute approximate surface area is 239 Å². The van der Waals surface area contributed by atoms with Crippen LogP contribution in [0.5, 0.6) is 5.75 Å². The van der Waals surface area contributed by atoms with Crippen LogP contribution >= 0.6 is 11.6 Å². The molecule has 4 rings (SSSR count). The van der Waals surface area contributed by atoms with E-state index in [1.807, 2.05) is 0 Å². The molecule has 2 heterocycles. The fourth-order valence-electron chi connectivity index (χ4n) is 4.15. The molecule has 0 bridgehead atoms. The number of hydrogen-bond acceptors (Lipinski definition) is 10. The van der Waals surface area contributed by atoms with E-state index in [0.29, 0.717) is 10.6 Å². The minimum atomic E-state index is -4.08. The molecule has 0 saturated heterocycles. The summed E-state index contributed by atoms with van der Waals surface area (Å²) < 4.78 is 27.5. The van der Waals surface area contributed by atoms with Crippen molar-refractivity contribution >= 4 is 56.7 Å². The highest BCUT2D eigenvalue weighted by Gasteiger charge is 2.38. The van der Waals surface area contributed by atoms with Gasteiger partial charge in [0.05, 0.1) is 27.5 Å². The van der Waals surface area contributed by atoms with Crippen molar-refractivity contribution in [2.75, 3.05) is 10.7 Å². The predicted octanol–water partition coefficient (Wildman–Crippen LogP) is 3.14. The lowest BCUT2D eigenvalue weighted by Gasteiger charge is -2.19. The molecular weight excluding hydrogens is 578 g/mol. The summed E-state index contributed by atoms with van der Waals surface area (Å²) in [6.07, 6.45) is -0.407. The molecule has 0 saturated carbocycles. The second-order valence-electron chi connectivity index (χ2n) is 9.06. The van der Waals surface area contributed by atoms with Crippen LogP contribution in [0.15, 0.2) is 52.5 Å².